The Morgan fingerprint density at radius 2 is 2.05 bits per heavy atom. The summed E-state index contributed by atoms with van der Waals surface area (Å²) in [6, 6.07) is 6.53. The summed E-state index contributed by atoms with van der Waals surface area (Å²) >= 11 is 12.1. The second kappa shape index (κ2) is 5.47. The molecule has 0 aliphatic carbocycles. The third kappa shape index (κ3) is 2.97. The molecule has 0 bridgehead atoms. The lowest BCUT2D eigenvalue weighted by Crippen LogP contribution is -2.14. The zero-order valence-corrected chi connectivity index (χ0v) is 11.6. The third-order valence-corrected chi connectivity index (χ3v) is 3.34. The molecule has 0 spiro atoms. The van der Waals surface area contributed by atoms with Gasteiger partial charge < -0.3 is 11.1 Å². The molecule has 0 fully saturated rings. The molecule has 0 saturated carbocycles. The molecule has 98 valence electrons. The molecule has 2 aromatic rings. The van der Waals surface area contributed by atoms with E-state index in [0.717, 1.165) is 5.56 Å². The first-order valence-corrected chi connectivity index (χ1v) is 6.22. The monoisotopic (exact) mass is 295 g/mol. The molecular formula is C13H11Cl2N3O. The fraction of sp³-hybridized carbons (Fsp3) is 0.0769. The zero-order valence-electron chi connectivity index (χ0n) is 10.1. The SMILES string of the molecule is Cc1ccc(Cl)c(NC(=O)c2cc(N)ccn2)c1Cl. The number of aromatic nitrogens is 1. The number of amides is 1. The molecule has 0 atom stereocenters. The lowest BCUT2D eigenvalue weighted by atomic mass is 10.2. The van der Waals surface area contributed by atoms with E-state index in [1.165, 1.54) is 12.3 Å². The number of carbonyl (C=O) groups is 1. The molecule has 19 heavy (non-hydrogen) atoms. The Bertz CT molecular complexity index is 644. The van der Waals surface area contributed by atoms with E-state index in [4.69, 9.17) is 28.9 Å². The van der Waals surface area contributed by atoms with E-state index in [1.807, 2.05) is 6.92 Å². The van der Waals surface area contributed by atoms with Crippen molar-refractivity contribution in [1.82, 2.24) is 4.98 Å². The molecule has 2 rings (SSSR count). The molecule has 0 aliphatic heterocycles. The fourth-order valence-corrected chi connectivity index (χ4v) is 1.99. The number of hydrogen-bond donors (Lipinski definition) is 2. The summed E-state index contributed by atoms with van der Waals surface area (Å²) in [6.45, 7) is 1.83. The quantitative estimate of drug-likeness (QED) is 0.890. The van der Waals surface area contributed by atoms with Crippen LogP contribution < -0.4 is 11.1 Å². The van der Waals surface area contributed by atoms with Gasteiger partial charge in [0.25, 0.3) is 5.91 Å². The van der Waals surface area contributed by atoms with Crippen molar-refractivity contribution in [3.8, 4) is 0 Å². The van der Waals surface area contributed by atoms with Gasteiger partial charge in [-0.15, -0.1) is 0 Å². The maximum absolute atomic E-state index is 12.0. The van der Waals surface area contributed by atoms with Crippen LogP contribution in [0.15, 0.2) is 30.5 Å². The Balaban J connectivity index is 2.32. The second-order valence-electron chi connectivity index (χ2n) is 3.98. The predicted molar refractivity (Wildman–Crippen MR) is 77.8 cm³/mol. The number of hydrogen-bond acceptors (Lipinski definition) is 3. The highest BCUT2D eigenvalue weighted by molar-refractivity contribution is 6.40. The van der Waals surface area contributed by atoms with E-state index in [2.05, 4.69) is 10.3 Å². The molecule has 3 N–H and O–H groups in total. The number of nitrogens with one attached hydrogen (secondary N) is 1. The average molecular weight is 296 g/mol. The first-order valence-electron chi connectivity index (χ1n) is 5.46. The first-order chi connectivity index (χ1) is 8.99. The summed E-state index contributed by atoms with van der Waals surface area (Å²) in [5.41, 5.74) is 7.46. The maximum atomic E-state index is 12.0. The molecular weight excluding hydrogens is 285 g/mol. The number of pyridine rings is 1. The van der Waals surface area contributed by atoms with Crippen LogP contribution in [-0.4, -0.2) is 10.9 Å². The lowest BCUT2D eigenvalue weighted by molar-refractivity contribution is 0.102. The number of benzene rings is 1. The van der Waals surface area contributed by atoms with Gasteiger partial charge in [0.05, 0.1) is 15.7 Å². The van der Waals surface area contributed by atoms with E-state index in [0.29, 0.717) is 21.4 Å². The topological polar surface area (TPSA) is 68.0 Å². The van der Waals surface area contributed by atoms with Crippen molar-refractivity contribution in [3.05, 3.63) is 51.8 Å². The van der Waals surface area contributed by atoms with Gasteiger partial charge in [0.1, 0.15) is 5.69 Å². The highest BCUT2D eigenvalue weighted by atomic mass is 35.5. The minimum atomic E-state index is -0.415. The number of carbonyl (C=O) groups excluding carboxylic acids is 1. The van der Waals surface area contributed by atoms with E-state index in [9.17, 15) is 4.79 Å². The molecule has 1 aromatic carbocycles. The number of nitrogen functional groups attached to an aromatic ring is 1. The highest BCUT2D eigenvalue weighted by Crippen LogP contribution is 2.33. The molecule has 0 unspecified atom stereocenters. The van der Waals surface area contributed by atoms with Crippen LogP contribution >= 0.6 is 23.2 Å². The number of rotatable bonds is 2. The second-order valence-corrected chi connectivity index (χ2v) is 4.77. The largest absolute Gasteiger partial charge is 0.399 e. The van der Waals surface area contributed by atoms with Crippen LogP contribution in [0.4, 0.5) is 11.4 Å². The van der Waals surface area contributed by atoms with E-state index < -0.39 is 5.91 Å². The lowest BCUT2D eigenvalue weighted by Gasteiger charge is -2.10. The summed E-state index contributed by atoms with van der Waals surface area (Å²) in [7, 11) is 0. The molecule has 0 aliphatic rings. The van der Waals surface area contributed by atoms with Gasteiger partial charge in [-0.1, -0.05) is 29.3 Å². The van der Waals surface area contributed by atoms with Crippen molar-refractivity contribution in [2.45, 2.75) is 6.92 Å². The van der Waals surface area contributed by atoms with Gasteiger partial charge in [-0.3, -0.25) is 9.78 Å². The molecule has 1 amide bonds. The summed E-state index contributed by atoms with van der Waals surface area (Å²) in [5, 5.41) is 3.42. The van der Waals surface area contributed by atoms with Gasteiger partial charge >= 0.3 is 0 Å². The van der Waals surface area contributed by atoms with Crippen LogP contribution in [0.5, 0.6) is 0 Å². The molecule has 1 heterocycles. The smallest absolute Gasteiger partial charge is 0.274 e. The van der Waals surface area contributed by atoms with Crippen molar-refractivity contribution >= 4 is 40.5 Å². The van der Waals surface area contributed by atoms with Gasteiger partial charge in [-0.05, 0) is 30.7 Å². The Hall–Kier alpha value is -1.78. The molecule has 0 saturated heterocycles. The minimum Gasteiger partial charge on any atom is -0.399 e. The van der Waals surface area contributed by atoms with Crippen LogP contribution in [-0.2, 0) is 0 Å². The Kier molecular flexibility index (Phi) is 3.93. The Morgan fingerprint density at radius 3 is 2.74 bits per heavy atom. The Morgan fingerprint density at radius 1 is 1.32 bits per heavy atom. The predicted octanol–water partition coefficient (Wildman–Crippen LogP) is 3.53. The van der Waals surface area contributed by atoms with E-state index >= 15 is 0 Å². The average Bonchev–Trinajstić information content (AvgIpc) is 2.39. The van der Waals surface area contributed by atoms with Crippen LogP contribution in [0, 0.1) is 6.92 Å². The van der Waals surface area contributed by atoms with E-state index in [1.54, 1.807) is 18.2 Å². The van der Waals surface area contributed by atoms with Crippen LogP contribution in [0.1, 0.15) is 16.1 Å². The molecule has 0 radical (unpaired) electrons. The summed E-state index contributed by atoms with van der Waals surface area (Å²) < 4.78 is 0. The van der Waals surface area contributed by atoms with Crippen LogP contribution in [0.25, 0.3) is 0 Å². The van der Waals surface area contributed by atoms with Gasteiger partial charge in [0.15, 0.2) is 0 Å². The van der Waals surface area contributed by atoms with Crippen molar-refractivity contribution in [2.75, 3.05) is 11.1 Å². The number of halogens is 2. The number of aryl methyl sites for hydroxylation is 1. The first kappa shape index (κ1) is 13.6. The minimum absolute atomic E-state index is 0.202. The molecule has 6 heteroatoms. The summed E-state index contributed by atoms with van der Waals surface area (Å²) in [5.74, 6) is -0.415. The Labute approximate surface area is 120 Å². The van der Waals surface area contributed by atoms with Crippen LogP contribution in [0.3, 0.4) is 0 Å². The number of nitrogens with two attached hydrogens (primary N) is 1. The standard InChI is InChI=1S/C13H11Cl2N3O/c1-7-2-3-9(14)12(11(7)15)18-13(19)10-6-8(16)4-5-17-10/h2-6H,1H3,(H2,16,17)(H,18,19). The van der Waals surface area contributed by atoms with Gasteiger partial charge in [0, 0.05) is 11.9 Å². The van der Waals surface area contributed by atoms with Crippen molar-refractivity contribution < 1.29 is 4.79 Å². The molecule has 1 aromatic heterocycles. The van der Waals surface area contributed by atoms with Crippen LogP contribution in [0.2, 0.25) is 10.0 Å². The number of anilines is 2. The normalized spacial score (nSPS) is 10.3. The maximum Gasteiger partial charge on any atom is 0.274 e. The zero-order chi connectivity index (χ0) is 14.0. The third-order valence-electron chi connectivity index (χ3n) is 2.54. The van der Waals surface area contributed by atoms with Crippen molar-refractivity contribution in [1.29, 1.82) is 0 Å². The van der Waals surface area contributed by atoms with Crippen molar-refractivity contribution in [2.24, 2.45) is 0 Å². The fourth-order valence-electron chi connectivity index (χ4n) is 1.52. The summed E-state index contributed by atoms with van der Waals surface area (Å²) in [4.78, 5) is 16.0. The van der Waals surface area contributed by atoms with Gasteiger partial charge in [-0.2, -0.15) is 0 Å². The number of nitrogens with zero attached hydrogens (tertiary/aromatic N) is 1. The van der Waals surface area contributed by atoms with Crippen molar-refractivity contribution in [3.63, 3.8) is 0 Å². The van der Waals surface area contributed by atoms with E-state index in [-0.39, 0.29) is 5.69 Å². The summed E-state index contributed by atoms with van der Waals surface area (Å²) in [6.07, 6.45) is 1.46. The molecule has 4 nitrogen and oxygen atoms in total. The van der Waals surface area contributed by atoms with Gasteiger partial charge in [-0.25, -0.2) is 0 Å². The van der Waals surface area contributed by atoms with Gasteiger partial charge in [0.2, 0.25) is 0 Å². The highest BCUT2D eigenvalue weighted by Gasteiger charge is 2.14.